The van der Waals surface area contributed by atoms with Gasteiger partial charge in [0, 0.05) is 24.6 Å². The third kappa shape index (κ3) is 2.03. The Labute approximate surface area is 104 Å². The van der Waals surface area contributed by atoms with Crippen molar-refractivity contribution >= 4 is 27.2 Å². The van der Waals surface area contributed by atoms with Crippen LogP contribution in [0, 0.1) is 0 Å². The van der Waals surface area contributed by atoms with Gasteiger partial charge in [-0.3, -0.25) is 0 Å². The number of nitrogens with zero attached hydrogens (tertiary/aromatic N) is 2. The van der Waals surface area contributed by atoms with Gasteiger partial charge < -0.3 is 9.88 Å². The van der Waals surface area contributed by atoms with E-state index in [1.165, 1.54) is 10.4 Å². The van der Waals surface area contributed by atoms with Crippen LogP contribution in [-0.4, -0.2) is 9.55 Å². The van der Waals surface area contributed by atoms with Crippen LogP contribution < -0.4 is 5.32 Å². The maximum atomic E-state index is 4.27. The lowest BCUT2D eigenvalue weighted by atomic mass is 10.3. The normalized spacial score (nSPS) is 10.9. The maximum Gasteiger partial charge on any atom is 0.0813 e. The topological polar surface area (TPSA) is 29.9 Å². The average molecular weight is 243 g/mol. The number of aryl methyl sites for hydroxylation is 1. The first kappa shape index (κ1) is 10.4. The lowest BCUT2D eigenvalue weighted by Gasteiger charge is -2.07. The molecule has 0 aliphatic heterocycles. The smallest absolute Gasteiger partial charge is 0.0813 e. The van der Waals surface area contributed by atoms with E-state index in [0.717, 1.165) is 17.7 Å². The fraction of sp³-hybridized carbons (Fsp3) is 0.154. The third-order valence-corrected chi connectivity index (χ3v) is 3.65. The second kappa shape index (κ2) is 4.22. The first-order chi connectivity index (χ1) is 8.33. The van der Waals surface area contributed by atoms with Crippen LogP contribution in [-0.2, 0) is 13.6 Å². The highest BCUT2D eigenvalue weighted by Crippen LogP contribution is 2.22. The molecule has 0 unspecified atom stereocenters. The van der Waals surface area contributed by atoms with Crippen LogP contribution in [0.25, 0.3) is 10.2 Å². The summed E-state index contributed by atoms with van der Waals surface area (Å²) in [5.41, 5.74) is 5.36. The molecule has 0 atom stereocenters. The second-order valence-corrected chi connectivity index (χ2v) is 4.89. The molecule has 3 nitrogen and oxygen atoms in total. The molecule has 0 aliphatic rings. The molecule has 0 amide bonds. The molecule has 0 spiro atoms. The number of hydrogen-bond donors (Lipinski definition) is 1. The lowest BCUT2D eigenvalue weighted by molar-refractivity contribution is 0.842. The second-order valence-electron chi connectivity index (χ2n) is 4.00. The fourth-order valence-electron chi connectivity index (χ4n) is 1.84. The van der Waals surface area contributed by atoms with Gasteiger partial charge in [0.2, 0.25) is 0 Å². The Morgan fingerprint density at radius 3 is 3.12 bits per heavy atom. The van der Waals surface area contributed by atoms with Gasteiger partial charge in [-0.15, -0.1) is 11.3 Å². The first-order valence-corrected chi connectivity index (χ1v) is 6.38. The number of nitrogens with one attached hydrogen (secondary N) is 1. The number of thiazole rings is 1. The molecule has 17 heavy (non-hydrogen) atoms. The molecule has 1 N–H and O–H groups in total. The SMILES string of the molecule is Cn1cccc1CNc1ccc2ncsc2c1. The van der Waals surface area contributed by atoms with E-state index in [4.69, 9.17) is 0 Å². The summed E-state index contributed by atoms with van der Waals surface area (Å²) in [7, 11) is 2.06. The van der Waals surface area contributed by atoms with E-state index in [1.54, 1.807) is 11.3 Å². The van der Waals surface area contributed by atoms with Gasteiger partial charge in [-0.25, -0.2) is 4.98 Å². The van der Waals surface area contributed by atoms with Gasteiger partial charge in [0.1, 0.15) is 0 Å². The Bertz CT molecular complexity index is 639. The molecule has 1 aromatic carbocycles. The summed E-state index contributed by atoms with van der Waals surface area (Å²) in [4.78, 5) is 4.27. The van der Waals surface area contributed by atoms with Crippen LogP contribution in [0.1, 0.15) is 5.69 Å². The fourth-order valence-corrected chi connectivity index (χ4v) is 2.55. The molecule has 0 aliphatic carbocycles. The Kier molecular flexibility index (Phi) is 2.57. The lowest BCUT2D eigenvalue weighted by Crippen LogP contribution is -2.03. The number of fused-ring (bicyclic) bond motifs is 1. The molecule has 3 aromatic rings. The van der Waals surface area contributed by atoms with Gasteiger partial charge in [-0.2, -0.15) is 0 Å². The molecule has 0 fully saturated rings. The monoisotopic (exact) mass is 243 g/mol. The molecular formula is C13H13N3S. The molecule has 0 saturated heterocycles. The number of anilines is 1. The van der Waals surface area contributed by atoms with E-state index < -0.39 is 0 Å². The highest BCUT2D eigenvalue weighted by molar-refractivity contribution is 7.16. The predicted octanol–water partition coefficient (Wildman–Crippen LogP) is 3.25. The van der Waals surface area contributed by atoms with Gasteiger partial charge >= 0.3 is 0 Å². The number of benzene rings is 1. The Balaban J connectivity index is 1.78. The van der Waals surface area contributed by atoms with Gasteiger partial charge in [-0.1, -0.05) is 0 Å². The van der Waals surface area contributed by atoms with Crippen LogP contribution in [0.4, 0.5) is 5.69 Å². The number of aromatic nitrogens is 2. The van der Waals surface area contributed by atoms with Crippen molar-refractivity contribution in [1.82, 2.24) is 9.55 Å². The number of rotatable bonds is 3. The number of hydrogen-bond acceptors (Lipinski definition) is 3. The van der Waals surface area contributed by atoms with Gasteiger partial charge in [0.25, 0.3) is 0 Å². The van der Waals surface area contributed by atoms with Crippen molar-refractivity contribution in [2.45, 2.75) is 6.54 Å². The molecular weight excluding hydrogens is 230 g/mol. The van der Waals surface area contributed by atoms with Crippen molar-refractivity contribution in [2.75, 3.05) is 5.32 Å². The first-order valence-electron chi connectivity index (χ1n) is 5.50. The van der Waals surface area contributed by atoms with Crippen LogP contribution in [0.2, 0.25) is 0 Å². The predicted molar refractivity (Wildman–Crippen MR) is 72.4 cm³/mol. The van der Waals surface area contributed by atoms with Crippen molar-refractivity contribution < 1.29 is 0 Å². The molecule has 3 rings (SSSR count). The quantitative estimate of drug-likeness (QED) is 0.765. The summed E-state index contributed by atoms with van der Waals surface area (Å²) >= 11 is 1.67. The zero-order valence-electron chi connectivity index (χ0n) is 9.55. The van der Waals surface area contributed by atoms with Crippen molar-refractivity contribution in [3.05, 3.63) is 47.7 Å². The van der Waals surface area contributed by atoms with Crippen molar-refractivity contribution in [2.24, 2.45) is 7.05 Å². The molecule has 2 aromatic heterocycles. The molecule has 4 heteroatoms. The van der Waals surface area contributed by atoms with Crippen molar-refractivity contribution in [1.29, 1.82) is 0 Å². The molecule has 0 bridgehead atoms. The van der Waals surface area contributed by atoms with Gasteiger partial charge in [0.15, 0.2) is 0 Å². The summed E-state index contributed by atoms with van der Waals surface area (Å²) in [6.07, 6.45) is 2.06. The van der Waals surface area contributed by atoms with E-state index in [2.05, 4.69) is 58.4 Å². The van der Waals surface area contributed by atoms with E-state index in [0.29, 0.717) is 0 Å². The zero-order valence-corrected chi connectivity index (χ0v) is 10.4. The van der Waals surface area contributed by atoms with Crippen LogP contribution in [0.15, 0.2) is 42.0 Å². The highest BCUT2D eigenvalue weighted by atomic mass is 32.1. The van der Waals surface area contributed by atoms with Crippen molar-refractivity contribution in [3.63, 3.8) is 0 Å². The van der Waals surface area contributed by atoms with E-state index in [-0.39, 0.29) is 0 Å². The molecule has 2 heterocycles. The molecule has 86 valence electrons. The Hall–Kier alpha value is -1.81. The van der Waals surface area contributed by atoms with Crippen molar-refractivity contribution in [3.8, 4) is 0 Å². The summed E-state index contributed by atoms with van der Waals surface area (Å²) in [6, 6.07) is 10.5. The van der Waals surface area contributed by atoms with E-state index >= 15 is 0 Å². The minimum atomic E-state index is 0.841. The summed E-state index contributed by atoms with van der Waals surface area (Å²) < 4.78 is 3.35. The van der Waals surface area contributed by atoms with Crippen LogP contribution in [0.3, 0.4) is 0 Å². The summed E-state index contributed by atoms with van der Waals surface area (Å²) in [5.74, 6) is 0. The zero-order chi connectivity index (χ0) is 11.7. The Morgan fingerprint density at radius 1 is 1.35 bits per heavy atom. The summed E-state index contributed by atoms with van der Waals surface area (Å²) in [5, 5.41) is 3.43. The standard InChI is InChI=1S/C13H13N3S/c1-16-6-2-3-11(16)8-14-10-4-5-12-13(7-10)17-9-15-12/h2-7,9,14H,8H2,1H3. The largest absolute Gasteiger partial charge is 0.379 e. The van der Waals surface area contributed by atoms with E-state index in [9.17, 15) is 0 Å². The van der Waals surface area contributed by atoms with Gasteiger partial charge in [0.05, 0.1) is 22.3 Å². The Morgan fingerprint density at radius 2 is 2.29 bits per heavy atom. The van der Waals surface area contributed by atoms with Crippen LogP contribution in [0.5, 0.6) is 0 Å². The van der Waals surface area contributed by atoms with E-state index in [1.807, 2.05) is 5.51 Å². The highest BCUT2D eigenvalue weighted by Gasteiger charge is 2.00. The third-order valence-electron chi connectivity index (χ3n) is 2.86. The average Bonchev–Trinajstić information content (AvgIpc) is 2.94. The molecule has 0 saturated carbocycles. The summed E-state index contributed by atoms with van der Waals surface area (Å²) in [6.45, 7) is 0.841. The maximum absolute atomic E-state index is 4.27. The van der Waals surface area contributed by atoms with Crippen LogP contribution >= 0.6 is 11.3 Å². The molecule has 0 radical (unpaired) electrons. The minimum Gasteiger partial charge on any atom is -0.379 e. The minimum absolute atomic E-state index is 0.841. The van der Waals surface area contributed by atoms with Gasteiger partial charge in [-0.05, 0) is 30.3 Å².